The summed E-state index contributed by atoms with van der Waals surface area (Å²) in [5.74, 6) is -19.5. The van der Waals surface area contributed by atoms with Crippen molar-refractivity contribution in [1.29, 1.82) is 0 Å². The van der Waals surface area contributed by atoms with Crippen LogP contribution < -0.4 is 0 Å². The molecule has 144 valence electrons. The van der Waals surface area contributed by atoms with Gasteiger partial charge >= 0.3 is 36.8 Å². The predicted octanol–water partition coefficient (Wildman–Crippen LogP) is 4.08. The number of Topliss-reactive ketones (excluding diaryl/α,β-unsaturated/α-hetero) is 1. The van der Waals surface area contributed by atoms with Gasteiger partial charge in [-0.3, -0.25) is 4.79 Å². The second-order valence-corrected chi connectivity index (χ2v) is 3.61. The number of ketones is 1. The normalized spacial score (nSPS) is 17.6. The molecule has 0 bridgehead atoms. The zero-order valence-corrected chi connectivity index (χ0v) is 10.0. The van der Waals surface area contributed by atoms with Crippen molar-refractivity contribution in [2.75, 3.05) is 0 Å². The minimum Gasteiger partial charge on any atom is -0.286 e. The molecule has 0 aromatic carbocycles. The van der Waals surface area contributed by atoms with E-state index in [0.29, 0.717) is 0 Å². The first kappa shape index (κ1) is 22.6. The minimum absolute atomic E-state index is 1.37. The molecule has 24 heavy (non-hydrogen) atoms. The molecule has 0 aliphatic rings. The van der Waals surface area contributed by atoms with Gasteiger partial charge in [-0.25, -0.2) is 9.47 Å². The van der Waals surface area contributed by atoms with Gasteiger partial charge in [0.05, 0.1) is 0 Å². The predicted molar refractivity (Wildman–Crippen MR) is 39.1 cm³/mol. The van der Waals surface area contributed by atoms with Crippen LogP contribution in [0.4, 0.5) is 61.5 Å². The summed E-state index contributed by atoms with van der Waals surface area (Å²) in [5.41, 5.74) is 0. The Bertz CT molecular complexity index is 472. The summed E-state index contributed by atoms with van der Waals surface area (Å²) in [6, 6.07) is 0. The molecular weight excluding hydrogens is 398 g/mol. The van der Waals surface area contributed by atoms with Crippen LogP contribution >= 0.6 is 0 Å². The third-order valence-electron chi connectivity index (χ3n) is 1.81. The van der Waals surface area contributed by atoms with E-state index < -0.39 is 42.6 Å². The third kappa shape index (κ3) is 4.81. The minimum atomic E-state index is -7.36. The molecule has 0 heterocycles. The van der Waals surface area contributed by atoms with Crippen molar-refractivity contribution in [3.8, 4) is 0 Å². The van der Waals surface area contributed by atoms with Gasteiger partial charge in [0.2, 0.25) is 0 Å². The standard InChI is InChI=1S/C7F14O3/c8-2(9,5(14,15)24-7(19,20)21)1(22)3(10,4(11,12)13)23-6(16,17)18. The first-order valence-corrected chi connectivity index (χ1v) is 4.67. The fraction of sp³-hybridized carbons (Fsp3) is 0.857. The number of alkyl halides is 14. The van der Waals surface area contributed by atoms with Gasteiger partial charge in [-0.2, -0.15) is 35.1 Å². The number of hydrogen-bond donors (Lipinski definition) is 0. The molecule has 0 aromatic heterocycles. The van der Waals surface area contributed by atoms with Crippen LogP contribution in [0.1, 0.15) is 0 Å². The van der Waals surface area contributed by atoms with E-state index >= 15 is 0 Å². The Hall–Kier alpha value is -1.39. The van der Waals surface area contributed by atoms with E-state index in [9.17, 15) is 66.3 Å². The fourth-order valence-corrected chi connectivity index (χ4v) is 0.936. The molecule has 1 atom stereocenters. The van der Waals surface area contributed by atoms with Crippen LogP contribution in [0.15, 0.2) is 0 Å². The van der Waals surface area contributed by atoms with Crippen LogP contribution in [0, 0.1) is 0 Å². The average Bonchev–Trinajstić information content (AvgIpc) is 2.19. The van der Waals surface area contributed by atoms with Crippen molar-refractivity contribution >= 4 is 5.78 Å². The SMILES string of the molecule is O=C(C(F)(F)C(F)(F)OC(F)(F)F)C(F)(OC(F)(F)F)C(F)(F)F. The quantitative estimate of drug-likeness (QED) is 0.655. The van der Waals surface area contributed by atoms with Gasteiger partial charge in [-0.1, -0.05) is 0 Å². The Balaban J connectivity index is 6.05. The lowest BCUT2D eigenvalue weighted by molar-refractivity contribution is -0.467. The number of rotatable bonds is 5. The Morgan fingerprint density at radius 1 is 0.583 bits per heavy atom. The molecule has 0 saturated heterocycles. The largest absolute Gasteiger partial charge is 0.527 e. The van der Waals surface area contributed by atoms with E-state index in [1.807, 2.05) is 0 Å². The van der Waals surface area contributed by atoms with Crippen LogP contribution in [0.5, 0.6) is 0 Å². The molecule has 0 radical (unpaired) electrons. The highest BCUT2D eigenvalue weighted by molar-refractivity contribution is 5.93. The summed E-state index contributed by atoms with van der Waals surface area (Å²) in [6.45, 7) is 0. The van der Waals surface area contributed by atoms with Gasteiger partial charge in [0.25, 0.3) is 5.78 Å². The average molecular weight is 398 g/mol. The lowest BCUT2D eigenvalue weighted by Crippen LogP contribution is -2.64. The zero-order chi connectivity index (χ0) is 20.0. The molecule has 0 N–H and O–H groups in total. The van der Waals surface area contributed by atoms with Gasteiger partial charge in [0.15, 0.2) is 0 Å². The monoisotopic (exact) mass is 398 g/mol. The van der Waals surface area contributed by atoms with Crippen LogP contribution in [-0.4, -0.2) is 42.6 Å². The van der Waals surface area contributed by atoms with Crippen molar-refractivity contribution in [3.63, 3.8) is 0 Å². The summed E-state index contributed by atoms with van der Waals surface area (Å²) in [7, 11) is 0. The Kier molecular flexibility index (Phi) is 5.51. The van der Waals surface area contributed by atoms with Gasteiger partial charge < -0.3 is 0 Å². The highest BCUT2D eigenvalue weighted by Crippen LogP contribution is 2.48. The molecule has 0 saturated carbocycles. The van der Waals surface area contributed by atoms with Crippen LogP contribution in [0.25, 0.3) is 0 Å². The van der Waals surface area contributed by atoms with Crippen molar-refractivity contribution in [2.24, 2.45) is 0 Å². The molecule has 0 aliphatic carbocycles. The summed E-state index contributed by atoms with van der Waals surface area (Å²) in [4.78, 5) is 10.5. The maximum atomic E-state index is 13.1. The molecular formula is C7F14O3. The van der Waals surface area contributed by atoms with Crippen LogP contribution in [0.2, 0.25) is 0 Å². The van der Waals surface area contributed by atoms with Crippen LogP contribution in [0.3, 0.4) is 0 Å². The topological polar surface area (TPSA) is 35.5 Å². The molecule has 0 aliphatic heterocycles. The van der Waals surface area contributed by atoms with Crippen molar-refractivity contribution < 1.29 is 75.7 Å². The number of halogens is 14. The molecule has 0 fully saturated rings. The van der Waals surface area contributed by atoms with Gasteiger partial charge in [0.1, 0.15) is 0 Å². The molecule has 3 nitrogen and oxygen atoms in total. The van der Waals surface area contributed by atoms with E-state index in [-0.39, 0.29) is 0 Å². The number of carbonyl (C=O) groups is 1. The second kappa shape index (κ2) is 5.85. The van der Waals surface area contributed by atoms with Gasteiger partial charge in [-0.05, 0) is 0 Å². The van der Waals surface area contributed by atoms with E-state index in [1.54, 1.807) is 0 Å². The van der Waals surface area contributed by atoms with Crippen molar-refractivity contribution in [1.82, 2.24) is 0 Å². The number of ether oxygens (including phenoxy) is 2. The maximum Gasteiger partial charge on any atom is 0.527 e. The maximum absolute atomic E-state index is 13.1. The van der Waals surface area contributed by atoms with Crippen molar-refractivity contribution in [3.05, 3.63) is 0 Å². The molecule has 1 unspecified atom stereocenters. The number of carbonyl (C=O) groups excluding carboxylic acids is 1. The van der Waals surface area contributed by atoms with E-state index in [2.05, 4.69) is 0 Å². The van der Waals surface area contributed by atoms with Crippen LogP contribution in [-0.2, 0) is 14.3 Å². The first-order chi connectivity index (χ1) is 10.1. The second-order valence-electron chi connectivity index (χ2n) is 3.61. The first-order valence-electron chi connectivity index (χ1n) is 4.67. The number of hydrogen-bond acceptors (Lipinski definition) is 3. The molecule has 17 heteroatoms. The van der Waals surface area contributed by atoms with Crippen molar-refractivity contribution in [2.45, 2.75) is 36.8 Å². The Morgan fingerprint density at radius 3 is 1.17 bits per heavy atom. The van der Waals surface area contributed by atoms with Gasteiger partial charge in [0, 0.05) is 0 Å². The van der Waals surface area contributed by atoms with E-state index in [4.69, 9.17) is 0 Å². The summed E-state index contributed by atoms with van der Waals surface area (Å²) in [5, 5.41) is 0. The molecule has 0 rings (SSSR count). The molecule has 0 aromatic rings. The van der Waals surface area contributed by atoms with E-state index in [1.165, 1.54) is 9.47 Å². The summed E-state index contributed by atoms with van der Waals surface area (Å²) < 4.78 is 172. The summed E-state index contributed by atoms with van der Waals surface area (Å²) in [6.07, 6.45) is -28.0. The highest BCUT2D eigenvalue weighted by atomic mass is 19.4. The Labute approximate surface area is 120 Å². The Morgan fingerprint density at radius 2 is 0.917 bits per heavy atom. The molecule has 0 amide bonds. The smallest absolute Gasteiger partial charge is 0.286 e. The molecule has 0 spiro atoms. The third-order valence-corrected chi connectivity index (χ3v) is 1.81. The van der Waals surface area contributed by atoms with E-state index in [0.717, 1.165) is 0 Å². The lowest BCUT2D eigenvalue weighted by Gasteiger charge is -2.32. The fourth-order valence-electron chi connectivity index (χ4n) is 0.936. The zero-order valence-electron chi connectivity index (χ0n) is 10.0. The lowest BCUT2D eigenvalue weighted by atomic mass is 10.1. The summed E-state index contributed by atoms with van der Waals surface area (Å²) >= 11 is 0. The van der Waals surface area contributed by atoms with Gasteiger partial charge in [-0.15, -0.1) is 26.3 Å². The highest BCUT2D eigenvalue weighted by Gasteiger charge is 2.79.